The molecule has 0 aromatic rings. The molecule has 0 aromatic carbocycles. The highest BCUT2D eigenvalue weighted by molar-refractivity contribution is 5.80. The number of nitrogens with one attached hydrogen (secondary N) is 3. The number of hydrogen-bond acceptors (Lipinski definition) is 3. The summed E-state index contributed by atoms with van der Waals surface area (Å²) >= 11 is 0. The molecule has 2 amide bonds. The molecule has 1 saturated carbocycles. The van der Waals surface area contributed by atoms with Crippen molar-refractivity contribution >= 4 is 11.8 Å². The molecule has 3 N–H and O–H groups in total. The molecule has 0 unspecified atom stereocenters. The second-order valence-corrected chi connectivity index (χ2v) is 3.72. The minimum absolute atomic E-state index is 0.0289. The van der Waals surface area contributed by atoms with Crippen molar-refractivity contribution in [1.29, 1.82) is 0 Å². The fraction of sp³-hybridized carbons (Fsp3) is 0.800. The van der Waals surface area contributed by atoms with E-state index in [2.05, 4.69) is 16.0 Å². The van der Waals surface area contributed by atoms with E-state index in [4.69, 9.17) is 0 Å². The monoisotopic (exact) mass is 213 g/mol. The zero-order valence-corrected chi connectivity index (χ0v) is 9.14. The summed E-state index contributed by atoms with van der Waals surface area (Å²) < 4.78 is 0. The van der Waals surface area contributed by atoms with Crippen molar-refractivity contribution in [3.05, 3.63) is 0 Å². The van der Waals surface area contributed by atoms with Gasteiger partial charge in [0.2, 0.25) is 11.8 Å². The number of carbonyl (C=O) groups is 2. The van der Waals surface area contributed by atoms with E-state index in [1.54, 1.807) is 0 Å². The lowest BCUT2D eigenvalue weighted by Crippen LogP contribution is -2.36. The molecule has 1 fully saturated rings. The minimum Gasteiger partial charge on any atom is -0.354 e. The van der Waals surface area contributed by atoms with Gasteiger partial charge in [-0.05, 0) is 19.4 Å². The first-order valence-corrected chi connectivity index (χ1v) is 5.49. The van der Waals surface area contributed by atoms with Crippen molar-refractivity contribution in [3.8, 4) is 0 Å². The van der Waals surface area contributed by atoms with Crippen LogP contribution in [0.1, 0.15) is 26.2 Å². The van der Waals surface area contributed by atoms with E-state index < -0.39 is 0 Å². The molecule has 15 heavy (non-hydrogen) atoms. The zero-order chi connectivity index (χ0) is 11.1. The van der Waals surface area contributed by atoms with Crippen molar-refractivity contribution < 1.29 is 9.59 Å². The lowest BCUT2D eigenvalue weighted by atomic mass is 10.4. The van der Waals surface area contributed by atoms with Crippen LogP contribution in [0.25, 0.3) is 0 Å². The predicted octanol–water partition coefficient (Wildman–Crippen LogP) is -0.619. The first-order chi connectivity index (χ1) is 7.22. The molecule has 0 atom stereocenters. The first kappa shape index (κ1) is 12.0. The smallest absolute Gasteiger partial charge is 0.233 e. The summed E-state index contributed by atoms with van der Waals surface area (Å²) in [6, 6.07) is 0.398. The van der Waals surface area contributed by atoms with E-state index in [1.807, 2.05) is 6.92 Å². The summed E-state index contributed by atoms with van der Waals surface area (Å²) in [5.74, 6) is -0.0303. The van der Waals surface area contributed by atoms with E-state index in [-0.39, 0.29) is 11.8 Å². The summed E-state index contributed by atoms with van der Waals surface area (Å²) in [4.78, 5) is 22.3. The van der Waals surface area contributed by atoms with Gasteiger partial charge in [-0.3, -0.25) is 9.59 Å². The van der Waals surface area contributed by atoms with Crippen molar-refractivity contribution in [2.45, 2.75) is 32.2 Å². The Morgan fingerprint density at radius 2 is 2.00 bits per heavy atom. The normalized spacial score (nSPS) is 14.7. The van der Waals surface area contributed by atoms with Gasteiger partial charge in [0.1, 0.15) is 0 Å². The zero-order valence-electron chi connectivity index (χ0n) is 9.14. The highest BCUT2D eigenvalue weighted by Gasteiger charge is 2.22. The molecular weight excluding hydrogens is 194 g/mol. The van der Waals surface area contributed by atoms with Gasteiger partial charge < -0.3 is 16.0 Å². The number of hydrogen-bond donors (Lipinski definition) is 3. The Morgan fingerprint density at radius 1 is 1.27 bits per heavy atom. The Bertz CT molecular complexity index is 227. The van der Waals surface area contributed by atoms with Crippen LogP contribution >= 0.6 is 0 Å². The fourth-order valence-electron chi connectivity index (χ4n) is 1.14. The van der Waals surface area contributed by atoms with E-state index in [9.17, 15) is 9.59 Å². The van der Waals surface area contributed by atoms with E-state index >= 15 is 0 Å². The van der Waals surface area contributed by atoms with Crippen LogP contribution in [0, 0.1) is 0 Å². The lowest BCUT2D eigenvalue weighted by molar-refractivity contribution is -0.122. The number of amides is 2. The summed E-state index contributed by atoms with van der Waals surface area (Å²) in [7, 11) is 0. The minimum atomic E-state index is -0.0592. The quantitative estimate of drug-likeness (QED) is 0.528. The Balaban J connectivity index is 1.94. The summed E-state index contributed by atoms with van der Waals surface area (Å²) in [5.41, 5.74) is 0. The SMILES string of the molecule is CCNCC(=O)NCCC(=O)NC1CC1. The Hall–Kier alpha value is -1.10. The van der Waals surface area contributed by atoms with Crippen LogP contribution in [-0.2, 0) is 9.59 Å². The van der Waals surface area contributed by atoms with Gasteiger partial charge in [-0.1, -0.05) is 6.92 Å². The molecule has 86 valence electrons. The standard InChI is InChI=1S/C10H19N3O2/c1-2-11-7-10(15)12-6-5-9(14)13-8-3-4-8/h8,11H,2-7H2,1H3,(H,12,15)(H,13,14). The number of carbonyl (C=O) groups excluding carboxylic acids is 2. The van der Waals surface area contributed by atoms with Gasteiger partial charge in [-0.25, -0.2) is 0 Å². The molecule has 5 heteroatoms. The van der Waals surface area contributed by atoms with Crippen molar-refractivity contribution in [3.63, 3.8) is 0 Å². The maximum absolute atomic E-state index is 11.2. The van der Waals surface area contributed by atoms with Crippen molar-refractivity contribution in [2.24, 2.45) is 0 Å². The molecule has 0 heterocycles. The Morgan fingerprint density at radius 3 is 2.60 bits per heavy atom. The largest absolute Gasteiger partial charge is 0.354 e. The van der Waals surface area contributed by atoms with Gasteiger partial charge in [0.15, 0.2) is 0 Å². The molecular formula is C10H19N3O2. The molecule has 1 aliphatic rings. The molecule has 0 aromatic heterocycles. The Labute approximate surface area is 90.0 Å². The molecule has 1 rings (SSSR count). The highest BCUT2D eigenvalue weighted by Crippen LogP contribution is 2.18. The van der Waals surface area contributed by atoms with E-state index in [0.29, 0.717) is 25.6 Å². The van der Waals surface area contributed by atoms with Crippen LogP contribution in [0.3, 0.4) is 0 Å². The van der Waals surface area contributed by atoms with Crippen LogP contribution < -0.4 is 16.0 Å². The summed E-state index contributed by atoms with van der Waals surface area (Å²) in [6.45, 7) is 3.45. The molecule has 0 spiro atoms. The third-order valence-corrected chi connectivity index (χ3v) is 2.15. The molecule has 0 radical (unpaired) electrons. The van der Waals surface area contributed by atoms with Crippen LogP contribution in [0.4, 0.5) is 0 Å². The van der Waals surface area contributed by atoms with Crippen LogP contribution in [0.5, 0.6) is 0 Å². The van der Waals surface area contributed by atoms with E-state index in [0.717, 1.165) is 19.4 Å². The number of rotatable bonds is 7. The first-order valence-electron chi connectivity index (χ1n) is 5.49. The van der Waals surface area contributed by atoms with E-state index in [1.165, 1.54) is 0 Å². The van der Waals surface area contributed by atoms with Crippen molar-refractivity contribution in [1.82, 2.24) is 16.0 Å². The van der Waals surface area contributed by atoms with Gasteiger partial charge in [0, 0.05) is 19.0 Å². The highest BCUT2D eigenvalue weighted by atomic mass is 16.2. The number of likely N-dealkylation sites (N-methyl/N-ethyl adjacent to an activating group) is 1. The summed E-state index contributed by atoms with van der Waals surface area (Å²) in [6.07, 6.45) is 2.56. The third-order valence-electron chi connectivity index (χ3n) is 2.15. The van der Waals surface area contributed by atoms with Crippen LogP contribution in [0.15, 0.2) is 0 Å². The second kappa shape index (κ2) is 6.40. The average Bonchev–Trinajstić information content (AvgIpc) is 2.98. The van der Waals surface area contributed by atoms with Crippen LogP contribution in [-0.4, -0.2) is 37.5 Å². The Kier molecular flexibility index (Phi) is 5.10. The maximum Gasteiger partial charge on any atom is 0.233 e. The molecule has 0 aliphatic heterocycles. The molecule has 1 aliphatic carbocycles. The van der Waals surface area contributed by atoms with Crippen molar-refractivity contribution in [2.75, 3.05) is 19.6 Å². The van der Waals surface area contributed by atoms with Gasteiger partial charge >= 0.3 is 0 Å². The lowest BCUT2D eigenvalue weighted by Gasteiger charge is -2.05. The van der Waals surface area contributed by atoms with Crippen LogP contribution in [0.2, 0.25) is 0 Å². The predicted molar refractivity (Wildman–Crippen MR) is 57.3 cm³/mol. The van der Waals surface area contributed by atoms with Gasteiger partial charge in [-0.15, -0.1) is 0 Å². The third kappa shape index (κ3) is 6.06. The van der Waals surface area contributed by atoms with Gasteiger partial charge in [0.25, 0.3) is 0 Å². The second-order valence-electron chi connectivity index (χ2n) is 3.72. The summed E-state index contributed by atoms with van der Waals surface area (Å²) in [5, 5.41) is 8.46. The fourth-order valence-corrected chi connectivity index (χ4v) is 1.14. The molecule has 0 saturated heterocycles. The maximum atomic E-state index is 11.2. The van der Waals surface area contributed by atoms with Gasteiger partial charge in [0.05, 0.1) is 6.54 Å². The molecule has 5 nitrogen and oxygen atoms in total. The molecule has 0 bridgehead atoms. The average molecular weight is 213 g/mol. The van der Waals surface area contributed by atoms with Gasteiger partial charge in [-0.2, -0.15) is 0 Å². The topological polar surface area (TPSA) is 70.2 Å².